The highest BCUT2D eigenvalue weighted by Gasteiger charge is 2.55. The average Bonchev–Trinajstić information content (AvgIpc) is 3.54. The summed E-state index contributed by atoms with van der Waals surface area (Å²) >= 11 is 0. The molecule has 0 saturated carbocycles. The van der Waals surface area contributed by atoms with Crippen LogP contribution in [0, 0.1) is 11.3 Å². The van der Waals surface area contributed by atoms with Gasteiger partial charge < -0.3 is 13.7 Å². The van der Waals surface area contributed by atoms with Crippen molar-refractivity contribution in [1.29, 1.82) is 5.26 Å². The van der Waals surface area contributed by atoms with Crippen LogP contribution in [0.2, 0.25) is 0 Å². The molecule has 2 atom stereocenters. The van der Waals surface area contributed by atoms with E-state index in [4.69, 9.17) is 9.15 Å². The number of ether oxygens (including phenoxy) is 1. The van der Waals surface area contributed by atoms with E-state index >= 15 is 4.57 Å². The van der Waals surface area contributed by atoms with Gasteiger partial charge in [0.25, 0.3) is 0 Å². The van der Waals surface area contributed by atoms with Crippen molar-refractivity contribution in [3.05, 3.63) is 186 Å². The molecule has 8 aromatic rings. The Morgan fingerprint density at radius 3 is 2.06 bits per heavy atom. The summed E-state index contributed by atoms with van der Waals surface area (Å²) in [5.41, 5.74) is 7.14. The summed E-state index contributed by atoms with van der Waals surface area (Å²) in [5, 5.41) is 13.7. The smallest absolute Gasteiger partial charge is 0.171 e. The second-order valence-corrected chi connectivity index (χ2v) is 15.4. The first kappa shape index (κ1) is 27.9. The minimum absolute atomic E-state index is 0.613. The van der Waals surface area contributed by atoms with E-state index in [1.54, 1.807) is 0 Å². The number of fused-ring (bicyclic) bond motifs is 11. The molecule has 7 aromatic carbocycles. The van der Waals surface area contributed by atoms with Crippen LogP contribution in [0.15, 0.2) is 162 Å². The molecule has 1 spiro atoms. The Labute approximate surface area is 282 Å². The molecule has 3 heterocycles. The van der Waals surface area contributed by atoms with Crippen molar-refractivity contribution in [2.75, 3.05) is 0 Å². The van der Waals surface area contributed by atoms with Gasteiger partial charge in [-0.1, -0.05) is 115 Å². The molecule has 2 aliphatic heterocycles. The predicted molar refractivity (Wildman–Crippen MR) is 195 cm³/mol. The fourth-order valence-electron chi connectivity index (χ4n) is 8.12. The normalized spacial score (nSPS) is 18.6. The lowest BCUT2D eigenvalue weighted by molar-refractivity contribution is 0.435. The SMILES string of the molecule is N#Cc1ccc(-c2ccc3c(c2)Oc2ccccc2C32c3ccccc3P(=O)(c3ccccc3)c3cc4oc5ccccc5c4cc32)cc1. The molecule has 2 aliphatic rings. The molecule has 0 N–H and O–H groups in total. The summed E-state index contributed by atoms with van der Waals surface area (Å²) in [6.45, 7) is 0. The number of furan rings is 1. The summed E-state index contributed by atoms with van der Waals surface area (Å²) in [7, 11) is -3.40. The van der Waals surface area contributed by atoms with Gasteiger partial charge in [0, 0.05) is 37.8 Å². The summed E-state index contributed by atoms with van der Waals surface area (Å²) < 4.78 is 29.4. The molecule has 0 radical (unpaired) electrons. The number of nitriles is 1. The van der Waals surface area contributed by atoms with E-state index in [1.807, 2.05) is 103 Å². The van der Waals surface area contributed by atoms with E-state index in [9.17, 15) is 5.26 Å². The number of nitrogens with zero attached hydrogens (tertiary/aromatic N) is 1. The van der Waals surface area contributed by atoms with Crippen LogP contribution in [-0.4, -0.2) is 0 Å². The van der Waals surface area contributed by atoms with Crippen molar-refractivity contribution in [2.24, 2.45) is 0 Å². The molecule has 1 aromatic heterocycles. The zero-order valence-corrected chi connectivity index (χ0v) is 27.0. The highest BCUT2D eigenvalue weighted by molar-refractivity contribution is 7.85. The second-order valence-electron chi connectivity index (χ2n) is 12.7. The zero-order chi connectivity index (χ0) is 32.7. The summed E-state index contributed by atoms with van der Waals surface area (Å²) in [6, 6.07) is 54.8. The molecule has 5 heteroatoms. The minimum Gasteiger partial charge on any atom is -0.457 e. The van der Waals surface area contributed by atoms with Gasteiger partial charge in [-0.05, 0) is 64.7 Å². The van der Waals surface area contributed by atoms with Crippen molar-refractivity contribution in [3.63, 3.8) is 0 Å². The first-order chi connectivity index (χ1) is 24.1. The molecule has 230 valence electrons. The highest BCUT2D eigenvalue weighted by Crippen LogP contribution is 2.62. The van der Waals surface area contributed by atoms with Gasteiger partial charge in [0.15, 0.2) is 7.14 Å². The third-order valence-corrected chi connectivity index (χ3v) is 13.4. The Bertz CT molecular complexity index is 2740. The standard InChI is InChI=1S/C44H26NO3P/c45-27-28-18-20-29(21-19-28)30-22-23-35-41(24-30)48-39-16-8-5-13-34(39)44(35)36-14-6-9-17-42(36)49(46,31-10-2-1-3-11-31)43-26-40-33(25-37(43)44)32-12-4-7-15-38(32)47-40/h1-26H. The summed E-state index contributed by atoms with van der Waals surface area (Å²) in [5.74, 6) is 1.48. The highest BCUT2D eigenvalue weighted by atomic mass is 31.2. The molecule has 10 rings (SSSR count). The van der Waals surface area contributed by atoms with Crippen LogP contribution in [0.4, 0.5) is 0 Å². The van der Waals surface area contributed by atoms with E-state index in [2.05, 4.69) is 60.7 Å². The Hall–Kier alpha value is -6.14. The Balaban J connectivity index is 1.37. The van der Waals surface area contributed by atoms with Crippen LogP contribution >= 0.6 is 7.14 Å². The number of hydrogen-bond acceptors (Lipinski definition) is 4. The van der Waals surface area contributed by atoms with Gasteiger partial charge in [-0.15, -0.1) is 0 Å². The van der Waals surface area contributed by atoms with Gasteiger partial charge in [-0.2, -0.15) is 5.26 Å². The van der Waals surface area contributed by atoms with Crippen molar-refractivity contribution in [2.45, 2.75) is 5.41 Å². The molecular formula is C44H26NO3P. The van der Waals surface area contributed by atoms with E-state index in [0.717, 1.165) is 77.1 Å². The van der Waals surface area contributed by atoms with Crippen LogP contribution in [0.1, 0.15) is 27.8 Å². The molecule has 0 saturated heterocycles. The van der Waals surface area contributed by atoms with Crippen LogP contribution in [-0.2, 0) is 9.98 Å². The molecule has 0 amide bonds. The van der Waals surface area contributed by atoms with Crippen molar-refractivity contribution in [3.8, 4) is 28.7 Å². The van der Waals surface area contributed by atoms with E-state index in [0.29, 0.717) is 11.1 Å². The van der Waals surface area contributed by atoms with Gasteiger partial charge in [0.2, 0.25) is 0 Å². The van der Waals surface area contributed by atoms with Crippen LogP contribution in [0.5, 0.6) is 11.5 Å². The van der Waals surface area contributed by atoms with E-state index in [-0.39, 0.29) is 0 Å². The van der Waals surface area contributed by atoms with Crippen molar-refractivity contribution >= 4 is 45.0 Å². The van der Waals surface area contributed by atoms with Crippen molar-refractivity contribution < 1.29 is 13.7 Å². The van der Waals surface area contributed by atoms with Gasteiger partial charge in [0.1, 0.15) is 22.7 Å². The number of rotatable bonds is 2. The third-order valence-electron chi connectivity index (χ3n) is 10.2. The molecule has 49 heavy (non-hydrogen) atoms. The maximum absolute atomic E-state index is 16.2. The number of benzene rings is 7. The third kappa shape index (κ3) is 3.71. The van der Waals surface area contributed by atoms with Gasteiger partial charge in [0.05, 0.1) is 17.0 Å². The van der Waals surface area contributed by atoms with Crippen LogP contribution < -0.4 is 20.7 Å². The largest absolute Gasteiger partial charge is 0.457 e. The fourth-order valence-corrected chi connectivity index (χ4v) is 11.3. The Morgan fingerprint density at radius 2 is 1.22 bits per heavy atom. The lowest BCUT2D eigenvalue weighted by Crippen LogP contribution is -2.47. The maximum Gasteiger partial charge on any atom is 0.171 e. The van der Waals surface area contributed by atoms with E-state index in [1.165, 1.54) is 0 Å². The van der Waals surface area contributed by atoms with E-state index < -0.39 is 12.6 Å². The Morgan fingerprint density at radius 1 is 0.531 bits per heavy atom. The topological polar surface area (TPSA) is 63.2 Å². The second kappa shape index (κ2) is 10.2. The summed E-state index contributed by atoms with van der Waals surface area (Å²) in [4.78, 5) is 0. The maximum atomic E-state index is 16.2. The van der Waals surface area contributed by atoms with Crippen LogP contribution in [0.3, 0.4) is 0 Å². The molecular weight excluding hydrogens is 621 g/mol. The quantitative estimate of drug-likeness (QED) is 0.175. The fraction of sp³-hybridized carbons (Fsp3) is 0.0227. The van der Waals surface area contributed by atoms with Gasteiger partial charge >= 0.3 is 0 Å². The van der Waals surface area contributed by atoms with Gasteiger partial charge in [-0.3, -0.25) is 0 Å². The summed E-state index contributed by atoms with van der Waals surface area (Å²) in [6.07, 6.45) is 0. The molecule has 0 bridgehead atoms. The van der Waals surface area contributed by atoms with Gasteiger partial charge in [-0.25, -0.2) is 0 Å². The zero-order valence-electron chi connectivity index (χ0n) is 26.1. The van der Waals surface area contributed by atoms with Crippen LogP contribution in [0.25, 0.3) is 33.1 Å². The minimum atomic E-state index is -3.40. The Kier molecular flexibility index (Phi) is 5.80. The molecule has 4 nitrogen and oxygen atoms in total. The van der Waals surface area contributed by atoms with Crippen molar-refractivity contribution in [1.82, 2.24) is 0 Å². The number of para-hydroxylation sites is 2. The average molecular weight is 648 g/mol. The molecule has 0 aliphatic carbocycles. The molecule has 2 unspecified atom stereocenters. The first-order valence-electron chi connectivity index (χ1n) is 16.3. The lowest BCUT2D eigenvalue weighted by Gasteiger charge is -2.47. The first-order valence-corrected chi connectivity index (χ1v) is 18.0. The number of hydrogen-bond donors (Lipinski definition) is 0. The molecule has 0 fully saturated rings. The monoisotopic (exact) mass is 647 g/mol. The lowest BCUT2D eigenvalue weighted by atomic mass is 9.63. The predicted octanol–water partition coefficient (Wildman–Crippen LogP) is 9.57.